The van der Waals surface area contributed by atoms with Crippen molar-refractivity contribution in [3.05, 3.63) is 11.6 Å². The zero-order valence-electron chi connectivity index (χ0n) is 15.3. The van der Waals surface area contributed by atoms with Gasteiger partial charge in [-0.3, -0.25) is 4.79 Å². The van der Waals surface area contributed by atoms with Gasteiger partial charge in [0.25, 0.3) is 0 Å². The van der Waals surface area contributed by atoms with Crippen LogP contribution < -0.4 is 0 Å². The quantitative estimate of drug-likeness (QED) is 0.771. The van der Waals surface area contributed by atoms with E-state index in [1.165, 1.54) is 5.57 Å². The second kappa shape index (κ2) is 5.17. The van der Waals surface area contributed by atoms with E-state index in [0.717, 1.165) is 44.9 Å². The van der Waals surface area contributed by atoms with Crippen molar-refractivity contribution in [1.82, 2.24) is 0 Å². The Bertz CT molecular complexity index is 594. The Morgan fingerprint density at radius 3 is 2.50 bits per heavy atom. The van der Waals surface area contributed by atoms with Crippen molar-refractivity contribution in [2.45, 2.75) is 83.8 Å². The van der Waals surface area contributed by atoms with Gasteiger partial charge in [-0.2, -0.15) is 0 Å². The molecule has 7 atom stereocenters. The minimum absolute atomic E-state index is 0.162. The number of allylic oxidation sites excluding steroid dienone is 1. The molecule has 0 radical (unpaired) electrons. The van der Waals surface area contributed by atoms with E-state index in [4.69, 9.17) is 0 Å². The van der Waals surface area contributed by atoms with Crippen LogP contribution in [0.5, 0.6) is 0 Å². The van der Waals surface area contributed by atoms with Crippen LogP contribution in [0.1, 0.15) is 72.1 Å². The van der Waals surface area contributed by atoms with Gasteiger partial charge in [0.1, 0.15) is 0 Å². The average Bonchev–Trinajstić information content (AvgIpc) is 2.81. The van der Waals surface area contributed by atoms with Gasteiger partial charge in [-0.25, -0.2) is 0 Å². The van der Waals surface area contributed by atoms with Crippen LogP contribution in [-0.2, 0) is 4.79 Å². The van der Waals surface area contributed by atoms with Crippen molar-refractivity contribution in [3.63, 3.8) is 0 Å². The fourth-order valence-corrected chi connectivity index (χ4v) is 7.30. The SMILES string of the molecule is C[C@H](O)[C@]1(O)CC[C@@H]2[C@@H]3CCC4=CC(=O)CC[C@]4(C)[C@@H]3CC[C@@]21C. The summed E-state index contributed by atoms with van der Waals surface area (Å²) in [6, 6.07) is 0. The molecule has 0 bridgehead atoms. The summed E-state index contributed by atoms with van der Waals surface area (Å²) in [6.45, 7) is 6.38. The molecule has 3 saturated carbocycles. The molecule has 0 aromatic heterocycles. The minimum atomic E-state index is -0.928. The summed E-state index contributed by atoms with van der Waals surface area (Å²) < 4.78 is 0. The lowest BCUT2D eigenvalue weighted by atomic mass is 9.46. The molecule has 2 N–H and O–H groups in total. The number of aliphatic hydroxyl groups excluding tert-OH is 1. The molecule has 3 nitrogen and oxygen atoms in total. The van der Waals surface area contributed by atoms with Crippen LogP contribution in [0.25, 0.3) is 0 Å². The molecule has 0 spiro atoms. The van der Waals surface area contributed by atoms with Crippen LogP contribution in [0.2, 0.25) is 0 Å². The third kappa shape index (κ3) is 1.94. The molecule has 0 aromatic carbocycles. The van der Waals surface area contributed by atoms with Gasteiger partial charge >= 0.3 is 0 Å². The number of hydrogen-bond donors (Lipinski definition) is 2. The number of carbonyl (C=O) groups is 1. The van der Waals surface area contributed by atoms with Crippen LogP contribution in [0.4, 0.5) is 0 Å². The summed E-state index contributed by atoms with van der Waals surface area (Å²) in [6.07, 6.45) is 9.07. The molecule has 4 aliphatic rings. The molecule has 4 rings (SSSR count). The van der Waals surface area contributed by atoms with Crippen molar-refractivity contribution in [1.29, 1.82) is 0 Å². The van der Waals surface area contributed by atoms with E-state index < -0.39 is 11.7 Å². The number of hydrogen-bond acceptors (Lipinski definition) is 3. The Morgan fingerprint density at radius 1 is 1.08 bits per heavy atom. The fourth-order valence-electron chi connectivity index (χ4n) is 7.30. The summed E-state index contributed by atoms with van der Waals surface area (Å²) in [5.74, 6) is 2.09. The minimum Gasteiger partial charge on any atom is -0.390 e. The van der Waals surface area contributed by atoms with Crippen molar-refractivity contribution in [2.24, 2.45) is 28.6 Å². The predicted octanol–water partition coefficient (Wildman–Crippen LogP) is 3.63. The topological polar surface area (TPSA) is 57.5 Å². The molecule has 134 valence electrons. The van der Waals surface area contributed by atoms with Crippen LogP contribution in [-0.4, -0.2) is 27.7 Å². The van der Waals surface area contributed by atoms with Gasteiger partial charge in [0.05, 0.1) is 11.7 Å². The van der Waals surface area contributed by atoms with Crippen LogP contribution in [0.3, 0.4) is 0 Å². The summed E-state index contributed by atoms with van der Waals surface area (Å²) in [5, 5.41) is 21.5. The molecule has 3 fully saturated rings. The van der Waals surface area contributed by atoms with E-state index >= 15 is 0 Å². The van der Waals surface area contributed by atoms with Crippen molar-refractivity contribution >= 4 is 5.78 Å². The van der Waals surface area contributed by atoms with E-state index in [1.54, 1.807) is 6.92 Å². The molecule has 24 heavy (non-hydrogen) atoms. The van der Waals surface area contributed by atoms with E-state index in [9.17, 15) is 15.0 Å². The Hall–Kier alpha value is -0.670. The monoisotopic (exact) mass is 332 g/mol. The molecule has 3 heteroatoms. The highest BCUT2D eigenvalue weighted by atomic mass is 16.3. The van der Waals surface area contributed by atoms with Gasteiger partial charge in [0, 0.05) is 11.8 Å². The number of ketones is 1. The van der Waals surface area contributed by atoms with E-state index in [1.807, 2.05) is 6.08 Å². The first-order valence-corrected chi connectivity index (χ1v) is 9.87. The van der Waals surface area contributed by atoms with E-state index in [0.29, 0.717) is 30.0 Å². The maximum Gasteiger partial charge on any atom is 0.155 e. The molecule has 0 aliphatic heterocycles. The largest absolute Gasteiger partial charge is 0.390 e. The van der Waals surface area contributed by atoms with Crippen LogP contribution in [0, 0.1) is 28.6 Å². The number of carbonyl (C=O) groups excluding carboxylic acids is 1. The molecular formula is C21H32O3. The fraction of sp³-hybridized carbons (Fsp3) is 0.857. The zero-order valence-corrected chi connectivity index (χ0v) is 15.3. The molecule has 0 amide bonds. The number of aliphatic hydroxyl groups is 2. The Labute approximate surface area is 145 Å². The second-order valence-electron chi connectivity index (χ2n) is 9.56. The van der Waals surface area contributed by atoms with Crippen molar-refractivity contribution in [2.75, 3.05) is 0 Å². The smallest absolute Gasteiger partial charge is 0.155 e. The lowest BCUT2D eigenvalue weighted by Crippen LogP contribution is -2.58. The molecule has 0 unspecified atom stereocenters. The van der Waals surface area contributed by atoms with E-state index in [2.05, 4.69) is 13.8 Å². The predicted molar refractivity (Wildman–Crippen MR) is 93.3 cm³/mol. The first-order chi connectivity index (χ1) is 11.2. The third-order valence-corrected chi connectivity index (χ3v) is 8.87. The highest BCUT2D eigenvalue weighted by Crippen LogP contribution is 2.67. The highest BCUT2D eigenvalue weighted by Gasteiger charge is 2.65. The Kier molecular flexibility index (Phi) is 3.61. The third-order valence-electron chi connectivity index (χ3n) is 8.87. The second-order valence-corrected chi connectivity index (χ2v) is 9.56. The first-order valence-electron chi connectivity index (χ1n) is 9.87. The molecular weight excluding hydrogens is 300 g/mol. The zero-order chi connectivity index (χ0) is 17.3. The first kappa shape index (κ1) is 16.8. The van der Waals surface area contributed by atoms with Gasteiger partial charge < -0.3 is 10.2 Å². The maximum absolute atomic E-state index is 11.9. The molecule has 4 aliphatic carbocycles. The number of fused-ring (bicyclic) bond motifs is 5. The summed E-state index contributed by atoms with van der Waals surface area (Å²) >= 11 is 0. The molecule has 0 heterocycles. The van der Waals surface area contributed by atoms with Crippen LogP contribution >= 0.6 is 0 Å². The highest BCUT2D eigenvalue weighted by molar-refractivity contribution is 5.91. The number of rotatable bonds is 1. The Morgan fingerprint density at radius 2 is 1.79 bits per heavy atom. The van der Waals surface area contributed by atoms with E-state index in [-0.39, 0.29) is 10.8 Å². The lowest BCUT2D eigenvalue weighted by Gasteiger charge is -2.59. The summed E-state index contributed by atoms with van der Waals surface area (Å²) in [5.41, 5.74) is 0.489. The summed E-state index contributed by atoms with van der Waals surface area (Å²) in [4.78, 5) is 11.9. The lowest BCUT2D eigenvalue weighted by molar-refractivity contribution is -0.171. The maximum atomic E-state index is 11.9. The van der Waals surface area contributed by atoms with Gasteiger partial charge in [-0.15, -0.1) is 0 Å². The van der Waals surface area contributed by atoms with Crippen molar-refractivity contribution in [3.8, 4) is 0 Å². The standard InChI is InChI=1S/C21H32O3/c1-13(22)21(24)11-8-18-16-5-4-14-12-15(23)6-9-19(14,2)17(16)7-10-20(18,21)3/h12-13,16-18,22,24H,4-11H2,1-3H3/t13-,16+,17+,18+,19-,20-,21+/m0/s1. The van der Waals surface area contributed by atoms with Crippen molar-refractivity contribution < 1.29 is 15.0 Å². The average molecular weight is 332 g/mol. The molecule has 0 saturated heterocycles. The van der Waals surface area contributed by atoms with Gasteiger partial charge in [0.2, 0.25) is 0 Å². The van der Waals surface area contributed by atoms with Gasteiger partial charge in [-0.1, -0.05) is 19.4 Å². The molecule has 0 aromatic rings. The normalized spacial score (nSPS) is 52.1. The van der Waals surface area contributed by atoms with Gasteiger partial charge in [0.15, 0.2) is 5.78 Å². The van der Waals surface area contributed by atoms with Crippen LogP contribution in [0.15, 0.2) is 11.6 Å². The summed E-state index contributed by atoms with van der Waals surface area (Å²) in [7, 11) is 0. The Balaban J connectivity index is 1.69. The van der Waals surface area contributed by atoms with Gasteiger partial charge in [-0.05, 0) is 81.1 Å².